The Labute approximate surface area is 353 Å². The quantitative estimate of drug-likeness (QED) is 0.150. The van der Waals surface area contributed by atoms with Gasteiger partial charge in [0.1, 0.15) is 21.7 Å². The first-order valence-electron chi connectivity index (χ1n) is 19.9. The van der Waals surface area contributed by atoms with Crippen LogP contribution < -0.4 is 9.80 Å². The molecule has 5 heterocycles. The minimum atomic E-state index is 0.591. The van der Waals surface area contributed by atoms with Crippen LogP contribution in [0, 0.1) is 0 Å². The minimum Gasteiger partial charge on any atom is -0.456 e. The largest absolute Gasteiger partial charge is 0.456 e. The van der Waals surface area contributed by atoms with Crippen molar-refractivity contribution in [2.45, 2.75) is 0 Å². The van der Waals surface area contributed by atoms with Crippen LogP contribution in [-0.4, -0.2) is 19.9 Å². The maximum atomic E-state index is 6.69. The summed E-state index contributed by atoms with van der Waals surface area (Å²) in [6.45, 7) is 0. The number of pyridine rings is 2. The van der Waals surface area contributed by atoms with E-state index in [1.54, 1.807) is 23.7 Å². The molecular formula is C52H32N6O2S. The van der Waals surface area contributed by atoms with E-state index in [0.717, 1.165) is 99.6 Å². The number of rotatable bonds is 8. The summed E-state index contributed by atoms with van der Waals surface area (Å²) >= 11 is 1.70. The van der Waals surface area contributed by atoms with Gasteiger partial charge in [-0.25, -0.2) is 9.97 Å². The Bertz CT molecular complexity index is 3310. The lowest BCUT2D eigenvalue weighted by atomic mass is 10.0. The summed E-state index contributed by atoms with van der Waals surface area (Å²) in [5.74, 6) is 0.591. The van der Waals surface area contributed by atoms with E-state index in [1.807, 2.05) is 67.0 Å². The summed E-state index contributed by atoms with van der Waals surface area (Å²) in [4.78, 5) is 22.9. The predicted molar refractivity (Wildman–Crippen MR) is 248 cm³/mol. The lowest BCUT2D eigenvalue weighted by Gasteiger charge is -2.25. The second-order valence-corrected chi connectivity index (χ2v) is 15.9. The molecule has 8 nitrogen and oxygen atoms in total. The molecule has 0 fully saturated rings. The van der Waals surface area contributed by atoms with Crippen molar-refractivity contribution in [2.75, 3.05) is 9.80 Å². The normalized spacial score (nSPS) is 11.6. The van der Waals surface area contributed by atoms with Gasteiger partial charge < -0.3 is 18.6 Å². The molecule has 0 saturated carbocycles. The molecule has 61 heavy (non-hydrogen) atoms. The Morgan fingerprint density at radius 3 is 1.75 bits per heavy atom. The van der Waals surface area contributed by atoms with Gasteiger partial charge in [0.25, 0.3) is 0 Å². The third-order valence-corrected chi connectivity index (χ3v) is 12.1. The van der Waals surface area contributed by atoms with Gasteiger partial charge in [0.2, 0.25) is 5.89 Å². The molecule has 7 aromatic carbocycles. The number of oxazole rings is 1. The topological polar surface area (TPSA) is 84.3 Å². The second-order valence-electron chi connectivity index (χ2n) is 14.8. The maximum Gasteiger partial charge on any atom is 0.227 e. The van der Waals surface area contributed by atoms with Crippen molar-refractivity contribution in [3.05, 3.63) is 195 Å². The molecule has 0 unspecified atom stereocenters. The van der Waals surface area contributed by atoms with Crippen LogP contribution in [0.3, 0.4) is 0 Å². The molecule has 0 N–H and O–H groups in total. The van der Waals surface area contributed by atoms with Gasteiger partial charge in [-0.1, -0.05) is 30.3 Å². The number of furan rings is 1. The predicted octanol–water partition coefficient (Wildman–Crippen LogP) is 14.6. The summed E-state index contributed by atoms with van der Waals surface area (Å²) in [6, 6.07) is 58.3. The third kappa shape index (κ3) is 6.23. The number of nitrogens with zero attached hydrogens (tertiary/aromatic N) is 6. The highest BCUT2D eigenvalue weighted by atomic mass is 32.1. The number of thiazole rings is 1. The zero-order valence-corrected chi connectivity index (χ0v) is 33.2. The second kappa shape index (κ2) is 14.3. The maximum absolute atomic E-state index is 6.69. The third-order valence-electron chi connectivity index (χ3n) is 11.1. The molecular weight excluding hydrogens is 773 g/mol. The standard InChI is InChI=1S/C52H32N6O2S/c1-3-11-47-45(9-1)55-51(60-47)33-13-18-37(19-14-33)57(41-7-5-25-53-31-41)39-22-17-35-28-44-43-24-23-40(30-49(43)59-48(44)29-36(35)27-39)58(42-8-6-26-54-32-42)38-20-15-34(16-21-38)52-56-46-10-2-4-12-50(46)61-52/h1-32H. The lowest BCUT2D eigenvalue weighted by Crippen LogP contribution is -2.10. The minimum absolute atomic E-state index is 0.591. The molecule has 9 heteroatoms. The fourth-order valence-electron chi connectivity index (χ4n) is 8.14. The highest BCUT2D eigenvalue weighted by molar-refractivity contribution is 7.21. The number of benzene rings is 7. The van der Waals surface area contributed by atoms with Crippen LogP contribution in [0.1, 0.15) is 0 Å². The Morgan fingerprint density at radius 2 is 1.05 bits per heavy atom. The van der Waals surface area contributed by atoms with Gasteiger partial charge in [0.05, 0.1) is 34.0 Å². The molecule has 0 spiro atoms. The summed E-state index contributed by atoms with van der Waals surface area (Å²) < 4.78 is 13.9. The zero-order chi connectivity index (χ0) is 40.3. The van der Waals surface area contributed by atoms with Crippen molar-refractivity contribution in [1.29, 1.82) is 0 Å². The van der Waals surface area contributed by atoms with E-state index in [9.17, 15) is 0 Å². The fourth-order valence-corrected chi connectivity index (χ4v) is 9.11. The Hall–Kier alpha value is -8.14. The number of para-hydroxylation sites is 3. The van der Waals surface area contributed by atoms with E-state index in [4.69, 9.17) is 18.8 Å². The van der Waals surface area contributed by atoms with E-state index in [0.29, 0.717) is 5.89 Å². The van der Waals surface area contributed by atoms with E-state index >= 15 is 0 Å². The summed E-state index contributed by atoms with van der Waals surface area (Å²) in [6.07, 6.45) is 7.35. The molecule has 5 aromatic heterocycles. The van der Waals surface area contributed by atoms with Crippen LogP contribution in [0.5, 0.6) is 0 Å². The van der Waals surface area contributed by atoms with Crippen LogP contribution in [0.25, 0.3) is 76.1 Å². The van der Waals surface area contributed by atoms with E-state index < -0.39 is 0 Å². The van der Waals surface area contributed by atoms with Gasteiger partial charge in [-0.2, -0.15) is 0 Å². The van der Waals surface area contributed by atoms with Gasteiger partial charge >= 0.3 is 0 Å². The molecule has 288 valence electrons. The lowest BCUT2D eigenvalue weighted by molar-refractivity contribution is 0.620. The number of hydrogen-bond acceptors (Lipinski definition) is 9. The number of anilines is 6. The number of fused-ring (bicyclic) bond motifs is 6. The van der Waals surface area contributed by atoms with Crippen molar-refractivity contribution in [2.24, 2.45) is 0 Å². The summed E-state index contributed by atoms with van der Waals surface area (Å²) in [5, 5.41) is 5.30. The Morgan fingerprint density at radius 1 is 0.410 bits per heavy atom. The van der Waals surface area contributed by atoms with Gasteiger partial charge in [0, 0.05) is 63.1 Å². The highest BCUT2D eigenvalue weighted by Gasteiger charge is 2.19. The molecule has 0 atom stereocenters. The molecule has 0 saturated heterocycles. The Balaban J connectivity index is 0.903. The first kappa shape index (κ1) is 34.9. The molecule has 0 aliphatic carbocycles. The molecule has 12 aromatic rings. The van der Waals surface area contributed by atoms with Crippen LogP contribution in [0.4, 0.5) is 34.1 Å². The molecule has 12 rings (SSSR count). The van der Waals surface area contributed by atoms with Crippen LogP contribution in [-0.2, 0) is 0 Å². The van der Waals surface area contributed by atoms with Crippen molar-refractivity contribution in [1.82, 2.24) is 19.9 Å². The van der Waals surface area contributed by atoms with Gasteiger partial charge in [-0.15, -0.1) is 11.3 Å². The van der Waals surface area contributed by atoms with Crippen molar-refractivity contribution >= 4 is 99.5 Å². The monoisotopic (exact) mass is 804 g/mol. The van der Waals surface area contributed by atoms with E-state index in [2.05, 4.69) is 135 Å². The van der Waals surface area contributed by atoms with Gasteiger partial charge in [-0.05, 0) is 144 Å². The van der Waals surface area contributed by atoms with Crippen molar-refractivity contribution in [3.8, 4) is 22.0 Å². The molecule has 0 bridgehead atoms. The number of aromatic nitrogens is 4. The zero-order valence-electron chi connectivity index (χ0n) is 32.4. The van der Waals surface area contributed by atoms with Crippen LogP contribution >= 0.6 is 11.3 Å². The van der Waals surface area contributed by atoms with Gasteiger partial charge in [-0.3, -0.25) is 9.97 Å². The molecule has 0 aliphatic rings. The average Bonchev–Trinajstić information content (AvgIpc) is 4.05. The SMILES string of the molecule is c1cncc(N(c2ccc(-c3nc4ccccc4o3)cc2)c2ccc3cc4c(cc3c2)oc2cc(N(c3ccc(-c5nc6ccccc6s5)cc3)c3cccnc3)ccc24)c1. The van der Waals surface area contributed by atoms with Crippen molar-refractivity contribution < 1.29 is 8.83 Å². The summed E-state index contributed by atoms with van der Waals surface area (Å²) in [7, 11) is 0. The smallest absolute Gasteiger partial charge is 0.227 e. The fraction of sp³-hybridized carbons (Fsp3) is 0. The highest BCUT2D eigenvalue weighted by Crippen LogP contribution is 2.42. The van der Waals surface area contributed by atoms with Crippen molar-refractivity contribution in [3.63, 3.8) is 0 Å². The van der Waals surface area contributed by atoms with Crippen LogP contribution in [0.15, 0.2) is 203 Å². The number of hydrogen-bond donors (Lipinski definition) is 0. The first-order valence-corrected chi connectivity index (χ1v) is 20.7. The molecule has 0 radical (unpaired) electrons. The van der Waals surface area contributed by atoms with E-state index in [-0.39, 0.29) is 0 Å². The average molecular weight is 805 g/mol. The van der Waals surface area contributed by atoms with E-state index in [1.165, 1.54) is 4.70 Å². The molecule has 0 amide bonds. The van der Waals surface area contributed by atoms with Gasteiger partial charge in [0.15, 0.2) is 5.58 Å². The van der Waals surface area contributed by atoms with Crippen LogP contribution in [0.2, 0.25) is 0 Å². The molecule has 0 aliphatic heterocycles. The summed E-state index contributed by atoms with van der Waals surface area (Å²) in [5.41, 5.74) is 12.1. The first-order chi connectivity index (χ1) is 30.2. The Kier molecular flexibility index (Phi) is 8.17.